The van der Waals surface area contributed by atoms with Gasteiger partial charge in [-0.1, -0.05) is 23.2 Å². The van der Waals surface area contributed by atoms with Gasteiger partial charge < -0.3 is 0 Å². The van der Waals surface area contributed by atoms with Crippen LogP contribution >= 0.6 is 23.2 Å². The third kappa shape index (κ3) is 4.69. The Labute approximate surface area is 90.9 Å². The standard InChI is InChI=1S/C4H2Cl2N2.C4H4N2/c5-3-1-2-4(6)8-7-3;1-2-4-6-5-3-1/h1-2H;1-4H. The van der Waals surface area contributed by atoms with E-state index in [-0.39, 0.29) is 0 Å². The number of rotatable bonds is 0. The van der Waals surface area contributed by atoms with Gasteiger partial charge in [0.2, 0.25) is 0 Å². The number of nitrogens with zero attached hydrogens (tertiary/aromatic N) is 4. The van der Waals surface area contributed by atoms with E-state index < -0.39 is 0 Å². The third-order valence-electron chi connectivity index (χ3n) is 1.08. The molecule has 0 N–H and O–H groups in total. The summed E-state index contributed by atoms with van der Waals surface area (Å²) in [6, 6.07) is 6.81. The molecular weight excluding hydrogens is 223 g/mol. The maximum absolute atomic E-state index is 5.38. The molecule has 0 aromatic carbocycles. The van der Waals surface area contributed by atoms with E-state index in [2.05, 4.69) is 20.4 Å². The van der Waals surface area contributed by atoms with E-state index in [1.807, 2.05) is 12.1 Å². The molecule has 0 fully saturated rings. The van der Waals surface area contributed by atoms with Crippen molar-refractivity contribution >= 4 is 23.2 Å². The highest BCUT2D eigenvalue weighted by Crippen LogP contribution is 2.05. The predicted octanol–water partition coefficient (Wildman–Crippen LogP) is 2.26. The number of hydrogen-bond donors (Lipinski definition) is 0. The molecule has 72 valence electrons. The van der Waals surface area contributed by atoms with Gasteiger partial charge in [0.25, 0.3) is 0 Å². The van der Waals surface area contributed by atoms with Gasteiger partial charge in [-0.3, -0.25) is 0 Å². The maximum Gasteiger partial charge on any atom is 0.151 e. The van der Waals surface area contributed by atoms with Crippen molar-refractivity contribution in [3.8, 4) is 0 Å². The van der Waals surface area contributed by atoms with E-state index in [4.69, 9.17) is 23.2 Å². The van der Waals surface area contributed by atoms with Crippen molar-refractivity contribution in [1.82, 2.24) is 20.4 Å². The summed E-state index contributed by atoms with van der Waals surface area (Å²) in [5.41, 5.74) is 0. The average Bonchev–Trinajstić information content (AvgIpc) is 2.26. The van der Waals surface area contributed by atoms with Crippen LogP contribution in [0.1, 0.15) is 0 Å². The molecule has 0 aliphatic carbocycles. The predicted molar refractivity (Wildman–Crippen MR) is 54.1 cm³/mol. The van der Waals surface area contributed by atoms with Crippen LogP contribution in [0.5, 0.6) is 0 Å². The van der Waals surface area contributed by atoms with Gasteiger partial charge in [-0.05, 0) is 24.3 Å². The molecule has 2 rings (SSSR count). The molecule has 0 aliphatic rings. The van der Waals surface area contributed by atoms with E-state index in [9.17, 15) is 0 Å². The number of halogens is 2. The van der Waals surface area contributed by atoms with E-state index in [0.717, 1.165) is 0 Å². The van der Waals surface area contributed by atoms with Crippen molar-refractivity contribution in [2.75, 3.05) is 0 Å². The fourth-order valence-electron chi connectivity index (χ4n) is 0.553. The lowest BCUT2D eigenvalue weighted by Gasteiger charge is -1.83. The van der Waals surface area contributed by atoms with Crippen molar-refractivity contribution in [3.05, 3.63) is 47.0 Å². The molecule has 0 spiro atoms. The first-order valence-electron chi connectivity index (χ1n) is 3.65. The second-order valence-corrected chi connectivity index (χ2v) is 2.87. The Hall–Kier alpha value is -1.26. The van der Waals surface area contributed by atoms with Crippen LogP contribution < -0.4 is 0 Å². The largest absolute Gasteiger partial charge is 0.159 e. The van der Waals surface area contributed by atoms with Gasteiger partial charge in [0.1, 0.15) is 0 Å². The zero-order chi connectivity index (χ0) is 10.2. The summed E-state index contributed by atoms with van der Waals surface area (Å²) >= 11 is 10.8. The zero-order valence-electron chi connectivity index (χ0n) is 7.01. The topological polar surface area (TPSA) is 51.6 Å². The molecule has 0 atom stereocenters. The van der Waals surface area contributed by atoms with Gasteiger partial charge in [0.05, 0.1) is 0 Å². The molecule has 0 saturated carbocycles. The molecule has 6 heteroatoms. The van der Waals surface area contributed by atoms with E-state index in [1.165, 1.54) is 0 Å². The summed E-state index contributed by atoms with van der Waals surface area (Å²) in [5.74, 6) is 0. The lowest BCUT2D eigenvalue weighted by molar-refractivity contribution is 1.03. The van der Waals surface area contributed by atoms with E-state index in [1.54, 1.807) is 24.5 Å². The van der Waals surface area contributed by atoms with Gasteiger partial charge in [0.15, 0.2) is 10.3 Å². The number of aromatic nitrogens is 4. The van der Waals surface area contributed by atoms with Crippen LogP contribution in [0.3, 0.4) is 0 Å². The van der Waals surface area contributed by atoms with Crippen molar-refractivity contribution in [1.29, 1.82) is 0 Å². The van der Waals surface area contributed by atoms with Crippen molar-refractivity contribution in [2.45, 2.75) is 0 Å². The Morgan fingerprint density at radius 3 is 1.43 bits per heavy atom. The summed E-state index contributed by atoms with van der Waals surface area (Å²) in [5, 5.41) is 14.7. The molecule has 14 heavy (non-hydrogen) atoms. The van der Waals surface area contributed by atoms with Crippen LogP contribution in [0, 0.1) is 0 Å². The maximum atomic E-state index is 5.38. The Bertz CT molecular complexity index is 304. The van der Waals surface area contributed by atoms with Crippen LogP contribution in [-0.2, 0) is 0 Å². The fourth-order valence-corrected chi connectivity index (χ4v) is 0.755. The first kappa shape index (κ1) is 10.8. The van der Waals surface area contributed by atoms with Crippen molar-refractivity contribution in [3.63, 3.8) is 0 Å². The molecule has 0 amide bonds. The zero-order valence-corrected chi connectivity index (χ0v) is 8.52. The number of hydrogen-bond acceptors (Lipinski definition) is 4. The van der Waals surface area contributed by atoms with Gasteiger partial charge in [-0.2, -0.15) is 10.2 Å². The summed E-state index contributed by atoms with van der Waals surface area (Å²) in [6.07, 6.45) is 3.28. The quantitative estimate of drug-likeness (QED) is 0.695. The second-order valence-electron chi connectivity index (χ2n) is 2.09. The molecular formula is C8H6Cl2N4. The van der Waals surface area contributed by atoms with Crippen LogP contribution in [0.4, 0.5) is 0 Å². The summed E-state index contributed by atoms with van der Waals surface area (Å²) in [6.45, 7) is 0. The van der Waals surface area contributed by atoms with Gasteiger partial charge in [0, 0.05) is 12.4 Å². The Morgan fingerprint density at radius 2 is 1.21 bits per heavy atom. The monoisotopic (exact) mass is 228 g/mol. The molecule has 0 radical (unpaired) electrons. The molecule has 2 aromatic heterocycles. The minimum absolute atomic E-state index is 0.356. The van der Waals surface area contributed by atoms with Crippen LogP contribution in [0.25, 0.3) is 0 Å². The highest BCUT2D eigenvalue weighted by atomic mass is 35.5. The highest BCUT2D eigenvalue weighted by Gasteiger charge is 1.87. The Kier molecular flexibility index (Phi) is 4.82. The fraction of sp³-hybridized carbons (Fsp3) is 0. The molecule has 0 saturated heterocycles. The smallest absolute Gasteiger partial charge is 0.151 e. The first-order valence-corrected chi connectivity index (χ1v) is 4.41. The van der Waals surface area contributed by atoms with Crippen molar-refractivity contribution in [2.24, 2.45) is 0 Å². The molecule has 4 nitrogen and oxygen atoms in total. The lowest BCUT2D eigenvalue weighted by Crippen LogP contribution is -1.78. The minimum atomic E-state index is 0.356. The molecule has 0 aliphatic heterocycles. The third-order valence-corrected chi connectivity index (χ3v) is 1.49. The first-order chi connectivity index (χ1) is 6.79. The van der Waals surface area contributed by atoms with E-state index >= 15 is 0 Å². The van der Waals surface area contributed by atoms with E-state index in [0.29, 0.717) is 10.3 Å². The Morgan fingerprint density at radius 1 is 0.786 bits per heavy atom. The highest BCUT2D eigenvalue weighted by molar-refractivity contribution is 6.31. The molecule has 2 heterocycles. The SMILES string of the molecule is Clc1ccc(Cl)nn1.c1ccnnc1. The van der Waals surface area contributed by atoms with Gasteiger partial charge in [-0.15, -0.1) is 10.2 Å². The molecule has 0 unspecified atom stereocenters. The average molecular weight is 229 g/mol. The molecule has 2 aromatic rings. The molecule has 0 bridgehead atoms. The van der Waals surface area contributed by atoms with Crippen LogP contribution in [0.15, 0.2) is 36.7 Å². The minimum Gasteiger partial charge on any atom is -0.159 e. The normalized spacial score (nSPS) is 8.71. The second kappa shape index (κ2) is 6.23. The van der Waals surface area contributed by atoms with Crippen LogP contribution in [-0.4, -0.2) is 20.4 Å². The summed E-state index contributed by atoms with van der Waals surface area (Å²) in [7, 11) is 0. The van der Waals surface area contributed by atoms with Crippen LogP contribution in [0.2, 0.25) is 10.3 Å². The Balaban J connectivity index is 0.000000146. The summed E-state index contributed by atoms with van der Waals surface area (Å²) < 4.78 is 0. The summed E-state index contributed by atoms with van der Waals surface area (Å²) in [4.78, 5) is 0. The van der Waals surface area contributed by atoms with Gasteiger partial charge >= 0.3 is 0 Å². The van der Waals surface area contributed by atoms with Crippen molar-refractivity contribution < 1.29 is 0 Å². The lowest BCUT2D eigenvalue weighted by atomic mass is 10.6. The van der Waals surface area contributed by atoms with Gasteiger partial charge in [-0.25, -0.2) is 0 Å².